The number of carbonyl (C=O) groups excluding carboxylic acids is 2. The maximum Gasteiger partial charge on any atom is 3.00 e. The van der Waals surface area contributed by atoms with Crippen molar-refractivity contribution in [3.63, 3.8) is 0 Å². The average molecular weight is 480 g/mol. The molecule has 2 unspecified atom stereocenters. The van der Waals surface area contributed by atoms with E-state index in [1.165, 1.54) is 6.42 Å². The monoisotopic (exact) mass is 480 g/mol. The van der Waals surface area contributed by atoms with Gasteiger partial charge in [-0.3, -0.25) is 13.6 Å². The van der Waals surface area contributed by atoms with Gasteiger partial charge < -0.3 is 22.1 Å². The van der Waals surface area contributed by atoms with E-state index >= 15 is 0 Å². The standard InChI is InChI=1S/C13H26.CH4O.2CHO.CH3.Ir/c1-8-9-10(12(2,3)4)11(9)13(5,6)7;3*1-2;;/h9-11H,8H2,1-7H3;2H,1H3;2*1H;1H3;/q;;3*-1;+3. The summed E-state index contributed by atoms with van der Waals surface area (Å²) in [4.78, 5) is 15.5. The molecule has 21 heavy (non-hydrogen) atoms. The largest absolute Gasteiger partial charge is 3.00 e. The van der Waals surface area contributed by atoms with Crippen LogP contribution in [0.3, 0.4) is 0 Å². The zero-order chi connectivity index (χ0) is 16.4. The Balaban J connectivity index is -0.0000000951. The zero-order valence-electron chi connectivity index (χ0n) is 15.2. The fourth-order valence-corrected chi connectivity index (χ4v) is 3.24. The van der Waals surface area contributed by atoms with E-state index in [9.17, 15) is 0 Å². The van der Waals surface area contributed by atoms with Gasteiger partial charge in [0.15, 0.2) is 0 Å². The van der Waals surface area contributed by atoms with Gasteiger partial charge in [0.2, 0.25) is 0 Å². The molecule has 1 fully saturated rings. The van der Waals surface area contributed by atoms with Gasteiger partial charge in [-0.1, -0.05) is 54.9 Å². The summed E-state index contributed by atoms with van der Waals surface area (Å²) in [6.07, 6.45) is 1.36. The fraction of sp³-hybridized carbons (Fsp3) is 0.824. The Morgan fingerprint density at radius 1 is 0.810 bits per heavy atom. The zero-order valence-corrected chi connectivity index (χ0v) is 17.6. The molecule has 0 aromatic rings. The molecule has 1 aliphatic rings. The Morgan fingerprint density at radius 3 is 1.05 bits per heavy atom. The first-order valence-electron chi connectivity index (χ1n) is 6.61. The third-order valence-electron chi connectivity index (χ3n) is 3.64. The second-order valence-electron chi connectivity index (χ2n) is 6.86. The van der Waals surface area contributed by atoms with Gasteiger partial charge in [0.1, 0.15) is 0 Å². The Morgan fingerprint density at radius 2 is 1.00 bits per heavy atom. The Kier molecular flexibility index (Phi) is 23.2. The number of aliphatic hydroxyl groups excluding tert-OH is 1. The smallest absolute Gasteiger partial charge is 0.545 e. The van der Waals surface area contributed by atoms with Crippen LogP contribution in [0.2, 0.25) is 0 Å². The molecule has 0 aromatic carbocycles. The second-order valence-corrected chi connectivity index (χ2v) is 6.86. The van der Waals surface area contributed by atoms with Crippen molar-refractivity contribution in [1.82, 2.24) is 0 Å². The van der Waals surface area contributed by atoms with Gasteiger partial charge in [-0.25, -0.2) is 0 Å². The van der Waals surface area contributed by atoms with Crippen molar-refractivity contribution in [2.75, 3.05) is 7.11 Å². The topological polar surface area (TPSA) is 54.4 Å². The molecule has 3 nitrogen and oxygen atoms in total. The number of rotatable bonds is 1. The second kappa shape index (κ2) is 14.9. The van der Waals surface area contributed by atoms with Crippen LogP contribution in [-0.4, -0.2) is 25.8 Å². The first-order valence-corrected chi connectivity index (χ1v) is 6.61. The molecule has 4 heteroatoms. The van der Waals surface area contributed by atoms with Crippen molar-refractivity contribution in [2.45, 2.75) is 54.9 Å². The Hall–Kier alpha value is -0.0506. The summed E-state index contributed by atoms with van der Waals surface area (Å²) in [6, 6.07) is 0. The average Bonchev–Trinajstić information content (AvgIpc) is 3.11. The molecule has 1 N–H and O–H groups in total. The van der Waals surface area contributed by atoms with Crippen molar-refractivity contribution in [2.24, 2.45) is 28.6 Å². The Labute approximate surface area is 146 Å². The molecule has 0 aliphatic heterocycles. The molecule has 0 saturated heterocycles. The summed E-state index contributed by atoms with van der Waals surface area (Å²) >= 11 is 0. The van der Waals surface area contributed by atoms with Crippen LogP contribution in [0.15, 0.2) is 0 Å². The van der Waals surface area contributed by atoms with Gasteiger partial charge in [-0.15, -0.1) is 0 Å². The van der Waals surface area contributed by atoms with Crippen LogP contribution in [0.1, 0.15) is 54.9 Å². The van der Waals surface area contributed by atoms with E-state index in [2.05, 4.69) is 62.0 Å². The summed E-state index contributed by atoms with van der Waals surface area (Å²) in [5.74, 6) is 2.90. The van der Waals surface area contributed by atoms with Crippen LogP contribution in [0.25, 0.3) is 0 Å². The first-order chi connectivity index (χ1) is 8.69. The van der Waals surface area contributed by atoms with Crippen molar-refractivity contribution >= 4 is 13.6 Å². The van der Waals surface area contributed by atoms with Crippen molar-refractivity contribution < 1.29 is 34.8 Å². The van der Waals surface area contributed by atoms with E-state index < -0.39 is 0 Å². The summed E-state index contributed by atoms with van der Waals surface area (Å²) in [5, 5.41) is 7.00. The fourth-order valence-electron chi connectivity index (χ4n) is 3.24. The van der Waals surface area contributed by atoms with Crippen LogP contribution < -0.4 is 0 Å². The summed E-state index contributed by atoms with van der Waals surface area (Å²) in [6.45, 7) is 23.2. The molecular formula is C17H35IrO3. The van der Waals surface area contributed by atoms with E-state index in [0.29, 0.717) is 10.8 Å². The van der Waals surface area contributed by atoms with Crippen LogP contribution in [-0.2, 0) is 29.7 Å². The van der Waals surface area contributed by atoms with E-state index in [1.54, 1.807) is 0 Å². The van der Waals surface area contributed by atoms with Crippen LogP contribution >= 0.6 is 0 Å². The minimum atomic E-state index is 0. The molecule has 0 spiro atoms. The quantitative estimate of drug-likeness (QED) is 0.459. The SMILES string of the molecule is CCC1C(C(C)(C)C)C1C(C)(C)C.CO.[CH-]=O.[CH-]=O.[CH3-].[Ir+3]. The van der Waals surface area contributed by atoms with Crippen LogP contribution in [0, 0.1) is 36.0 Å². The molecule has 0 aromatic heterocycles. The number of hydrogen-bond acceptors (Lipinski definition) is 3. The van der Waals surface area contributed by atoms with Crippen molar-refractivity contribution in [1.29, 1.82) is 0 Å². The molecule has 0 heterocycles. The first kappa shape index (κ1) is 32.8. The van der Waals surface area contributed by atoms with Crippen molar-refractivity contribution in [3.05, 3.63) is 7.43 Å². The van der Waals surface area contributed by atoms with Gasteiger partial charge >= 0.3 is 20.1 Å². The molecule has 130 valence electrons. The van der Waals surface area contributed by atoms with E-state index in [4.69, 9.17) is 14.7 Å². The summed E-state index contributed by atoms with van der Waals surface area (Å²) in [5.41, 5.74) is 1.03. The van der Waals surface area contributed by atoms with E-state index in [0.717, 1.165) is 24.9 Å². The molecule has 1 rings (SSSR count). The maximum atomic E-state index is 7.75. The minimum Gasteiger partial charge on any atom is -0.545 e. The van der Waals surface area contributed by atoms with Gasteiger partial charge in [0.05, 0.1) is 0 Å². The predicted molar refractivity (Wildman–Crippen MR) is 87.7 cm³/mol. The molecule has 1 saturated carbocycles. The third-order valence-corrected chi connectivity index (χ3v) is 3.64. The minimum absolute atomic E-state index is 0. The van der Waals surface area contributed by atoms with Gasteiger partial charge in [0, 0.05) is 7.11 Å². The molecule has 0 amide bonds. The van der Waals surface area contributed by atoms with E-state index in [-0.39, 0.29) is 27.5 Å². The maximum absolute atomic E-state index is 7.75. The molecule has 0 bridgehead atoms. The van der Waals surface area contributed by atoms with Crippen LogP contribution in [0.4, 0.5) is 0 Å². The van der Waals surface area contributed by atoms with Crippen LogP contribution in [0.5, 0.6) is 0 Å². The molecule has 1 aliphatic carbocycles. The van der Waals surface area contributed by atoms with Crippen molar-refractivity contribution in [3.8, 4) is 0 Å². The molecule has 0 radical (unpaired) electrons. The van der Waals surface area contributed by atoms with E-state index in [1.807, 2.05) is 0 Å². The number of aliphatic hydroxyl groups is 1. The third kappa shape index (κ3) is 11.2. The summed E-state index contributed by atoms with van der Waals surface area (Å²) < 4.78 is 0. The normalized spacial score (nSPS) is 22.2. The molecule has 2 atom stereocenters. The van der Waals surface area contributed by atoms with Gasteiger partial charge in [0.25, 0.3) is 0 Å². The van der Waals surface area contributed by atoms with Gasteiger partial charge in [-0.05, 0) is 28.6 Å². The predicted octanol–water partition coefficient (Wildman–Crippen LogP) is 3.86. The molecular weight excluding hydrogens is 444 g/mol. The summed E-state index contributed by atoms with van der Waals surface area (Å²) in [7, 11) is 1.00. The van der Waals surface area contributed by atoms with Gasteiger partial charge in [-0.2, -0.15) is 0 Å². The Bertz CT molecular complexity index is 197. The number of hydrogen-bond donors (Lipinski definition) is 1.